The van der Waals surface area contributed by atoms with Crippen LogP contribution in [0.25, 0.3) is 11.3 Å². The van der Waals surface area contributed by atoms with E-state index in [9.17, 15) is 18.0 Å². The van der Waals surface area contributed by atoms with Crippen LogP contribution in [0.4, 0.5) is 13.2 Å². The molecule has 2 atom stereocenters. The summed E-state index contributed by atoms with van der Waals surface area (Å²) in [5.74, 6) is -3.06. The maximum atomic E-state index is 13.2. The van der Waals surface area contributed by atoms with E-state index in [1.54, 1.807) is 12.1 Å². The summed E-state index contributed by atoms with van der Waals surface area (Å²) in [5, 5.41) is 9.35. The fraction of sp³-hybridized carbons (Fsp3) is 0.267. The predicted octanol–water partition coefficient (Wildman–Crippen LogP) is 4.17. The molecule has 1 aliphatic heterocycles. The minimum absolute atomic E-state index is 0.0517. The predicted molar refractivity (Wildman–Crippen MR) is 74.5 cm³/mol. The molecule has 1 N–H and O–H groups in total. The number of hydrogen-bond donors (Lipinski definition) is 1. The highest BCUT2D eigenvalue weighted by molar-refractivity contribution is 6.31. The molecule has 0 spiro atoms. The van der Waals surface area contributed by atoms with E-state index in [-0.39, 0.29) is 22.8 Å². The van der Waals surface area contributed by atoms with Crippen LogP contribution in [-0.4, -0.2) is 23.4 Å². The third kappa shape index (κ3) is 2.88. The lowest BCUT2D eigenvalue weighted by atomic mass is 9.88. The number of halogens is 4. The smallest absolute Gasteiger partial charge is 0.426 e. The van der Waals surface area contributed by atoms with Crippen molar-refractivity contribution in [3.05, 3.63) is 41.1 Å². The third-order valence-electron chi connectivity index (χ3n) is 3.61. The van der Waals surface area contributed by atoms with Gasteiger partial charge in [-0.2, -0.15) is 13.2 Å². The Balaban J connectivity index is 2.14. The van der Waals surface area contributed by atoms with Crippen molar-refractivity contribution >= 4 is 17.6 Å². The number of carbonyl (C=O) groups is 1. The first-order valence-corrected chi connectivity index (χ1v) is 6.97. The van der Waals surface area contributed by atoms with E-state index in [0.717, 1.165) is 0 Å². The lowest BCUT2D eigenvalue weighted by molar-refractivity contribution is -0.217. The Labute approximate surface area is 133 Å². The summed E-state index contributed by atoms with van der Waals surface area (Å²) in [6.45, 7) is 0. The minimum Gasteiger partial charge on any atom is -0.481 e. The highest BCUT2D eigenvalue weighted by Crippen LogP contribution is 2.44. The SMILES string of the molecule is O=C(O)[C@@H]1Cc2cc(Cl)cc(-c3ccco3)c2O[C@@H]1C(F)(F)F. The maximum Gasteiger partial charge on any atom is 0.426 e. The molecule has 0 amide bonds. The lowest BCUT2D eigenvalue weighted by Gasteiger charge is -2.33. The van der Waals surface area contributed by atoms with Gasteiger partial charge in [-0.3, -0.25) is 4.79 Å². The van der Waals surface area contributed by atoms with Gasteiger partial charge in [-0.05, 0) is 36.2 Å². The molecule has 0 bridgehead atoms. The van der Waals surface area contributed by atoms with E-state index < -0.39 is 24.2 Å². The lowest BCUT2D eigenvalue weighted by Crippen LogP contribution is -2.47. The largest absolute Gasteiger partial charge is 0.481 e. The first-order valence-electron chi connectivity index (χ1n) is 6.60. The molecule has 1 aromatic heterocycles. The summed E-state index contributed by atoms with van der Waals surface area (Å²) < 4.78 is 49.7. The van der Waals surface area contributed by atoms with Crippen LogP contribution in [-0.2, 0) is 11.2 Å². The maximum absolute atomic E-state index is 13.2. The number of ether oxygens (including phenoxy) is 1. The molecular weight excluding hydrogens is 337 g/mol. The van der Waals surface area contributed by atoms with Gasteiger partial charge in [0.05, 0.1) is 11.8 Å². The van der Waals surface area contributed by atoms with Gasteiger partial charge in [0, 0.05) is 5.02 Å². The first kappa shape index (κ1) is 15.7. The molecule has 0 radical (unpaired) electrons. The third-order valence-corrected chi connectivity index (χ3v) is 3.83. The molecule has 0 saturated carbocycles. The standard InChI is InChI=1S/C15H10ClF3O4/c16-8-4-7-5-10(14(20)21)13(15(17,18)19)23-12(7)9(6-8)11-2-1-3-22-11/h1-4,6,10,13H,5H2,(H,20,21)/t10-,13+/m1/s1. The van der Waals surface area contributed by atoms with Crippen LogP contribution in [0.3, 0.4) is 0 Å². The number of alkyl halides is 3. The summed E-state index contributed by atoms with van der Waals surface area (Å²) in [7, 11) is 0. The van der Waals surface area contributed by atoms with Gasteiger partial charge < -0.3 is 14.3 Å². The molecule has 0 aliphatic carbocycles. The number of furan rings is 1. The molecule has 0 saturated heterocycles. The van der Waals surface area contributed by atoms with Crippen molar-refractivity contribution < 1.29 is 32.2 Å². The summed E-state index contributed by atoms with van der Waals surface area (Å²) in [6.07, 6.45) is -6.20. The van der Waals surface area contributed by atoms with Crippen LogP contribution < -0.4 is 4.74 Å². The van der Waals surface area contributed by atoms with Crippen LogP contribution in [0.5, 0.6) is 5.75 Å². The average molecular weight is 347 g/mol. The van der Waals surface area contributed by atoms with Crippen LogP contribution in [0.1, 0.15) is 5.56 Å². The Morgan fingerprint density at radius 3 is 2.65 bits per heavy atom. The van der Waals surface area contributed by atoms with Gasteiger partial charge in [-0.1, -0.05) is 11.6 Å². The van der Waals surface area contributed by atoms with Crippen LogP contribution in [0.15, 0.2) is 34.9 Å². The molecule has 0 fully saturated rings. The molecule has 2 heterocycles. The van der Waals surface area contributed by atoms with Crippen molar-refractivity contribution in [3.63, 3.8) is 0 Å². The molecule has 4 nitrogen and oxygen atoms in total. The van der Waals surface area contributed by atoms with E-state index in [1.807, 2.05) is 0 Å². The second-order valence-corrected chi connectivity index (χ2v) is 5.58. The molecule has 122 valence electrons. The van der Waals surface area contributed by atoms with Crippen molar-refractivity contribution in [1.82, 2.24) is 0 Å². The van der Waals surface area contributed by atoms with Gasteiger partial charge in [0.25, 0.3) is 0 Å². The number of hydrogen-bond acceptors (Lipinski definition) is 3. The fourth-order valence-electron chi connectivity index (χ4n) is 2.62. The van der Waals surface area contributed by atoms with E-state index in [1.165, 1.54) is 18.4 Å². The number of carboxylic acid groups (broad SMARTS) is 1. The minimum atomic E-state index is -4.80. The summed E-state index contributed by atoms with van der Waals surface area (Å²) in [4.78, 5) is 11.2. The van der Waals surface area contributed by atoms with E-state index in [0.29, 0.717) is 11.3 Å². The van der Waals surface area contributed by atoms with Gasteiger partial charge in [0.15, 0.2) is 0 Å². The molecule has 1 aromatic carbocycles. The van der Waals surface area contributed by atoms with E-state index >= 15 is 0 Å². The van der Waals surface area contributed by atoms with Crippen molar-refractivity contribution in [2.75, 3.05) is 0 Å². The molecule has 23 heavy (non-hydrogen) atoms. The van der Waals surface area contributed by atoms with Crippen molar-refractivity contribution in [3.8, 4) is 17.1 Å². The molecular formula is C15H10ClF3O4. The quantitative estimate of drug-likeness (QED) is 0.886. The molecule has 2 aromatic rings. The van der Waals surface area contributed by atoms with Crippen molar-refractivity contribution in [2.45, 2.75) is 18.7 Å². The molecule has 0 unspecified atom stereocenters. The van der Waals surface area contributed by atoms with E-state index in [4.69, 9.17) is 25.9 Å². The van der Waals surface area contributed by atoms with Crippen molar-refractivity contribution in [1.29, 1.82) is 0 Å². The summed E-state index contributed by atoms with van der Waals surface area (Å²) >= 11 is 5.99. The monoisotopic (exact) mass is 346 g/mol. The second kappa shape index (κ2) is 5.49. The normalized spacial score (nSPS) is 20.7. The highest BCUT2D eigenvalue weighted by atomic mass is 35.5. The number of aliphatic carboxylic acids is 1. The Bertz CT molecular complexity index is 740. The average Bonchev–Trinajstić information content (AvgIpc) is 2.97. The highest BCUT2D eigenvalue weighted by Gasteiger charge is 2.52. The van der Waals surface area contributed by atoms with Crippen LogP contribution in [0, 0.1) is 5.92 Å². The Morgan fingerprint density at radius 2 is 2.09 bits per heavy atom. The Hall–Kier alpha value is -2.15. The van der Waals surface area contributed by atoms with Gasteiger partial charge in [0.1, 0.15) is 17.4 Å². The topological polar surface area (TPSA) is 59.7 Å². The van der Waals surface area contributed by atoms with Gasteiger partial charge in [-0.15, -0.1) is 0 Å². The zero-order valence-corrected chi connectivity index (χ0v) is 12.2. The summed E-state index contributed by atoms with van der Waals surface area (Å²) in [6, 6.07) is 5.97. The van der Waals surface area contributed by atoms with Gasteiger partial charge in [0.2, 0.25) is 6.10 Å². The van der Waals surface area contributed by atoms with Crippen molar-refractivity contribution in [2.24, 2.45) is 5.92 Å². The molecule has 3 rings (SSSR count). The van der Waals surface area contributed by atoms with Crippen LogP contribution in [0.2, 0.25) is 5.02 Å². The van der Waals surface area contributed by atoms with Crippen LogP contribution >= 0.6 is 11.6 Å². The molecule has 8 heteroatoms. The zero-order chi connectivity index (χ0) is 16.8. The number of benzene rings is 1. The zero-order valence-electron chi connectivity index (χ0n) is 11.4. The number of fused-ring (bicyclic) bond motifs is 1. The number of rotatable bonds is 2. The molecule has 1 aliphatic rings. The van der Waals surface area contributed by atoms with Gasteiger partial charge >= 0.3 is 12.1 Å². The summed E-state index contributed by atoms with van der Waals surface area (Å²) in [5.41, 5.74) is 0.562. The second-order valence-electron chi connectivity index (χ2n) is 5.15. The number of carboxylic acids is 1. The van der Waals surface area contributed by atoms with E-state index in [2.05, 4.69) is 0 Å². The Morgan fingerprint density at radius 1 is 1.35 bits per heavy atom. The fourth-order valence-corrected chi connectivity index (χ4v) is 2.86. The first-order chi connectivity index (χ1) is 10.8. The van der Waals surface area contributed by atoms with Gasteiger partial charge in [-0.25, -0.2) is 0 Å². The Kier molecular flexibility index (Phi) is 3.75.